The average Bonchev–Trinajstić information content (AvgIpc) is 2.96. The molecule has 0 saturated heterocycles. The molecule has 0 amide bonds. The van der Waals surface area contributed by atoms with Gasteiger partial charge >= 0.3 is 5.97 Å². The summed E-state index contributed by atoms with van der Waals surface area (Å²) in [6.45, 7) is 0. The van der Waals surface area contributed by atoms with Gasteiger partial charge in [-0.2, -0.15) is 0 Å². The van der Waals surface area contributed by atoms with E-state index >= 15 is 0 Å². The van der Waals surface area contributed by atoms with Crippen molar-refractivity contribution in [1.29, 1.82) is 0 Å². The lowest BCUT2D eigenvalue weighted by atomic mass is 9.42. The van der Waals surface area contributed by atoms with E-state index in [9.17, 15) is 9.90 Å². The van der Waals surface area contributed by atoms with Crippen molar-refractivity contribution in [2.45, 2.75) is 51.4 Å². The van der Waals surface area contributed by atoms with Gasteiger partial charge in [0.05, 0.1) is 5.92 Å². The Morgan fingerprint density at radius 1 is 0.950 bits per heavy atom. The van der Waals surface area contributed by atoms with E-state index in [1.165, 1.54) is 38.5 Å². The summed E-state index contributed by atoms with van der Waals surface area (Å²) >= 11 is 0. The van der Waals surface area contributed by atoms with Crippen molar-refractivity contribution >= 4 is 5.97 Å². The fourth-order valence-electron chi connectivity index (χ4n) is 7.44. The monoisotopic (exact) mass is 272 g/mol. The Kier molecular flexibility index (Phi) is 2.07. The predicted molar refractivity (Wildman–Crippen MR) is 76.0 cm³/mol. The lowest BCUT2D eigenvalue weighted by molar-refractivity contribution is -0.144. The second kappa shape index (κ2) is 3.51. The van der Waals surface area contributed by atoms with Crippen molar-refractivity contribution in [2.75, 3.05) is 0 Å². The molecule has 0 heterocycles. The molecule has 1 N–H and O–H groups in total. The normalized spacial score (nSPS) is 58.5. The molecule has 6 aliphatic rings. The third-order valence-electron chi connectivity index (χ3n) is 7.78. The smallest absolute Gasteiger partial charge is 0.307 e. The van der Waals surface area contributed by atoms with Crippen LogP contribution >= 0.6 is 0 Å². The molecule has 6 bridgehead atoms. The van der Waals surface area contributed by atoms with Gasteiger partial charge in [-0.15, -0.1) is 0 Å². The Bertz CT molecular complexity index is 470. The fourth-order valence-corrected chi connectivity index (χ4v) is 7.44. The minimum atomic E-state index is -0.550. The van der Waals surface area contributed by atoms with E-state index in [0.29, 0.717) is 11.3 Å². The van der Waals surface area contributed by atoms with Crippen LogP contribution < -0.4 is 0 Å². The number of hydrogen-bond acceptors (Lipinski definition) is 1. The van der Waals surface area contributed by atoms with E-state index in [2.05, 4.69) is 12.2 Å². The molecule has 0 aromatic carbocycles. The molecule has 0 radical (unpaired) electrons. The topological polar surface area (TPSA) is 37.3 Å². The lowest BCUT2D eigenvalue weighted by Gasteiger charge is -2.62. The molecule has 0 aromatic heterocycles. The number of aliphatic carboxylic acids is 1. The first-order valence-corrected chi connectivity index (χ1v) is 8.51. The maximum Gasteiger partial charge on any atom is 0.307 e. The standard InChI is InChI=1S/C18H24O2/c19-16(20)15-10-17(2-1-14(15)9-17)18-6-11-3-12(7-18)5-13(4-11)8-18/h1-2,11-15H,3-10H2,(H,19,20). The number of carbonyl (C=O) groups is 1. The van der Waals surface area contributed by atoms with E-state index in [1.807, 2.05) is 0 Å². The number of hydrogen-bond donors (Lipinski definition) is 1. The van der Waals surface area contributed by atoms with Gasteiger partial charge in [0, 0.05) is 0 Å². The highest BCUT2D eigenvalue weighted by atomic mass is 16.4. The van der Waals surface area contributed by atoms with Crippen LogP contribution in [0.25, 0.3) is 0 Å². The molecular weight excluding hydrogens is 248 g/mol. The molecule has 6 aliphatic carbocycles. The van der Waals surface area contributed by atoms with Gasteiger partial charge in [-0.05, 0) is 85.9 Å². The van der Waals surface area contributed by atoms with Gasteiger partial charge in [0.15, 0.2) is 0 Å². The summed E-state index contributed by atoms with van der Waals surface area (Å²) in [7, 11) is 0. The van der Waals surface area contributed by atoms with E-state index in [-0.39, 0.29) is 11.3 Å². The van der Waals surface area contributed by atoms with Gasteiger partial charge in [0.2, 0.25) is 0 Å². The van der Waals surface area contributed by atoms with Crippen LogP contribution in [0.5, 0.6) is 0 Å². The van der Waals surface area contributed by atoms with Gasteiger partial charge in [-0.3, -0.25) is 4.79 Å². The Labute approximate surface area is 120 Å². The van der Waals surface area contributed by atoms with Crippen LogP contribution in [-0.4, -0.2) is 11.1 Å². The number of carboxylic acid groups (broad SMARTS) is 1. The van der Waals surface area contributed by atoms with Crippen LogP contribution in [-0.2, 0) is 4.79 Å². The van der Waals surface area contributed by atoms with Gasteiger partial charge in [0.1, 0.15) is 0 Å². The average molecular weight is 272 g/mol. The molecule has 0 aliphatic heterocycles. The van der Waals surface area contributed by atoms with Crippen LogP contribution in [0.1, 0.15) is 51.4 Å². The number of allylic oxidation sites excluding steroid dienone is 2. The zero-order chi connectivity index (χ0) is 13.5. The third-order valence-corrected chi connectivity index (χ3v) is 7.78. The number of carboxylic acids is 1. The first-order valence-electron chi connectivity index (χ1n) is 8.51. The molecular formula is C18H24O2. The Morgan fingerprint density at radius 2 is 1.55 bits per heavy atom. The highest BCUT2D eigenvalue weighted by molar-refractivity contribution is 5.72. The summed E-state index contributed by atoms with van der Waals surface area (Å²) in [5.74, 6) is 2.59. The van der Waals surface area contributed by atoms with Crippen LogP contribution in [0, 0.1) is 40.4 Å². The van der Waals surface area contributed by atoms with Crippen LogP contribution in [0.15, 0.2) is 12.2 Å². The minimum absolute atomic E-state index is 0.0898. The van der Waals surface area contributed by atoms with Crippen molar-refractivity contribution in [3.8, 4) is 0 Å². The summed E-state index contributed by atoms with van der Waals surface area (Å²) in [6, 6.07) is 0. The van der Waals surface area contributed by atoms with Crippen molar-refractivity contribution < 1.29 is 9.90 Å². The van der Waals surface area contributed by atoms with Gasteiger partial charge in [-0.25, -0.2) is 0 Å². The first kappa shape index (κ1) is 11.8. The summed E-state index contributed by atoms with van der Waals surface area (Å²) in [6.07, 6.45) is 15.5. The maximum absolute atomic E-state index is 11.5. The SMILES string of the molecule is O=C(O)C1CC2(C34CC5CC(CC(C5)C3)C4)C=CC1C2. The molecule has 108 valence electrons. The number of fused-ring (bicyclic) bond motifs is 2. The zero-order valence-corrected chi connectivity index (χ0v) is 12.1. The molecule has 20 heavy (non-hydrogen) atoms. The quantitative estimate of drug-likeness (QED) is 0.775. The third kappa shape index (κ3) is 1.29. The Hall–Kier alpha value is -0.790. The maximum atomic E-state index is 11.5. The van der Waals surface area contributed by atoms with Crippen molar-refractivity contribution in [3.05, 3.63) is 12.2 Å². The molecule has 2 nitrogen and oxygen atoms in total. The molecule has 5 saturated carbocycles. The highest BCUT2D eigenvalue weighted by Crippen LogP contribution is 2.72. The van der Waals surface area contributed by atoms with E-state index in [0.717, 1.165) is 30.6 Å². The summed E-state index contributed by atoms with van der Waals surface area (Å²) < 4.78 is 0. The molecule has 5 fully saturated rings. The highest BCUT2D eigenvalue weighted by Gasteiger charge is 2.64. The Morgan fingerprint density at radius 3 is 2.05 bits per heavy atom. The second-order valence-electron chi connectivity index (χ2n) is 8.73. The lowest BCUT2D eigenvalue weighted by Crippen LogP contribution is -2.53. The van der Waals surface area contributed by atoms with Crippen molar-refractivity contribution in [3.63, 3.8) is 0 Å². The fraction of sp³-hybridized carbons (Fsp3) is 0.833. The van der Waals surface area contributed by atoms with Crippen molar-refractivity contribution in [2.24, 2.45) is 40.4 Å². The first-order chi connectivity index (χ1) is 9.59. The van der Waals surface area contributed by atoms with E-state index in [4.69, 9.17) is 0 Å². The molecule has 3 unspecified atom stereocenters. The minimum Gasteiger partial charge on any atom is -0.481 e. The summed E-state index contributed by atoms with van der Waals surface area (Å²) in [5.41, 5.74) is 0.744. The predicted octanol–water partition coefficient (Wildman–Crippen LogP) is 3.87. The van der Waals surface area contributed by atoms with Crippen LogP contribution in [0.3, 0.4) is 0 Å². The van der Waals surface area contributed by atoms with E-state index < -0.39 is 5.97 Å². The summed E-state index contributed by atoms with van der Waals surface area (Å²) in [5, 5.41) is 9.50. The molecule has 0 spiro atoms. The molecule has 2 heteroatoms. The summed E-state index contributed by atoms with van der Waals surface area (Å²) in [4.78, 5) is 11.5. The zero-order valence-electron chi connectivity index (χ0n) is 12.1. The number of rotatable bonds is 2. The van der Waals surface area contributed by atoms with Crippen LogP contribution in [0.2, 0.25) is 0 Å². The van der Waals surface area contributed by atoms with Gasteiger partial charge in [-0.1, -0.05) is 12.2 Å². The second-order valence-corrected chi connectivity index (χ2v) is 8.73. The van der Waals surface area contributed by atoms with Crippen molar-refractivity contribution in [1.82, 2.24) is 0 Å². The molecule has 3 atom stereocenters. The van der Waals surface area contributed by atoms with Gasteiger partial charge in [0.25, 0.3) is 0 Å². The Balaban J connectivity index is 1.54. The largest absolute Gasteiger partial charge is 0.481 e. The molecule has 6 rings (SSSR count). The van der Waals surface area contributed by atoms with E-state index in [1.54, 1.807) is 0 Å². The van der Waals surface area contributed by atoms with Crippen LogP contribution in [0.4, 0.5) is 0 Å². The molecule has 0 aromatic rings. The van der Waals surface area contributed by atoms with Gasteiger partial charge < -0.3 is 5.11 Å².